The number of aromatic nitrogens is 2. The van der Waals surface area contributed by atoms with Crippen LogP contribution < -0.4 is 0 Å². The van der Waals surface area contributed by atoms with E-state index in [4.69, 9.17) is 5.11 Å². The zero-order valence-corrected chi connectivity index (χ0v) is 14.3. The molecule has 0 spiro atoms. The molecule has 4 rings (SSSR count). The molecule has 128 valence electrons. The van der Waals surface area contributed by atoms with Gasteiger partial charge in [-0.25, -0.2) is 4.79 Å². The Kier molecular flexibility index (Phi) is 4.01. The van der Waals surface area contributed by atoms with E-state index in [2.05, 4.69) is 5.10 Å². The number of carboxylic acid groups (broad SMARTS) is 1. The summed E-state index contributed by atoms with van der Waals surface area (Å²) in [5.74, 6) is -0.916. The zero-order chi connectivity index (χ0) is 17.4. The van der Waals surface area contributed by atoms with E-state index >= 15 is 0 Å². The maximum atomic E-state index is 12.7. The second kappa shape index (κ2) is 6.33. The minimum absolute atomic E-state index is 0.0539. The Morgan fingerprint density at radius 3 is 2.68 bits per heavy atom. The van der Waals surface area contributed by atoms with Gasteiger partial charge in [-0.05, 0) is 47.9 Å². The second-order valence-corrected chi connectivity index (χ2v) is 7.16. The summed E-state index contributed by atoms with van der Waals surface area (Å²) in [4.78, 5) is 25.6. The first kappa shape index (κ1) is 15.8. The number of carboxylic acids is 1. The molecule has 6 nitrogen and oxygen atoms in total. The summed E-state index contributed by atoms with van der Waals surface area (Å²) in [6, 6.07) is 8.00. The third-order valence-corrected chi connectivity index (χ3v) is 5.57. The van der Waals surface area contributed by atoms with Gasteiger partial charge in [-0.15, -0.1) is 11.3 Å². The normalized spacial score (nSPS) is 15.6. The van der Waals surface area contributed by atoms with Gasteiger partial charge in [0.05, 0.1) is 17.8 Å². The Balaban J connectivity index is 1.43. The summed E-state index contributed by atoms with van der Waals surface area (Å²) in [7, 11) is 0. The van der Waals surface area contributed by atoms with Crippen LogP contribution in [0.5, 0.6) is 0 Å². The fourth-order valence-corrected chi connectivity index (χ4v) is 4.03. The number of nitrogens with zero attached hydrogens (tertiary/aromatic N) is 3. The van der Waals surface area contributed by atoms with Crippen LogP contribution in [0.2, 0.25) is 0 Å². The highest BCUT2D eigenvalue weighted by Gasteiger charge is 2.25. The minimum atomic E-state index is -0.970. The first-order chi connectivity index (χ1) is 12.1. The van der Waals surface area contributed by atoms with Crippen LogP contribution in [0.25, 0.3) is 10.1 Å². The molecule has 0 unspecified atom stereocenters. The van der Waals surface area contributed by atoms with Crippen LogP contribution in [0.4, 0.5) is 0 Å². The highest BCUT2D eigenvalue weighted by Crippen LogP contribution is 2.26. The maximum Gasteiger partial charge on any atom is 0.338 e. The number of thiophene rings is 1. The van der Waals surface area contributed by atoms with E-state index in [0.717, 1.165) is 23.8 Å². The third kappa shape index (κ3) is 3.02. The van der Waals surface area contributed by atoms with Crippen molar-refractivity contribution in [2.24, 2.45) is 0 Å². The molecule has 1 N–H and O–H groups in total. The second-order valence-electron chi connectivity index (χ2n) is 6.21. The number of aromatic carboxylic acids is 1. The highest BCUT2D eigenvalue weighted by atomic mass is 32.1. The van der Waals surface area contributed by atoms with E-state index in [0.29, 0.717) is 13.1 Å². The summed E-state index contributed by atoms with van der Waals surface area (Å²) in [5.41, 5.74) is 0.916. The van der Waals surface area contributed by atoms with Crippen molar-refractivity contribution >= 4 is 33.3 Å². The molecule has 1 aliphatic heterocycles. The van der Waals surface area contributed by atoms with Crippen molar-refractivity contribution in [2.45, 2.75) is 18.9 Å². The van der Waals surface area contributed by atoms with Crippen molar-refractivity contribution in [2.75, 3.05) is 13.1 Å². The van der Waals surface area contributed by atoms with E-state index in [1.165, 1.54) is 10.9 Å². The van der Waals surface area contributed by atoms with E-state index in [1.807, 2.05) is 34.5 Å². The fourth-order valence-electron chi connectivity index (χ4n) is 3.26. The molecule has 0 saturated carbocycles. The van der Waals surface area contributed by atoms with Crippen LogP contribution in [0.3, 0.4) is 0 Å². The van der Waals surface area contributed by atoms with E-state index in [-0.39, 0.29) is 17.5 Å². The molecule has 2 aromatic heterocycles. The van der Waals surface area contributed by atoms with Crippen molar-refractivity contribution in [3.63, 3.8) is 0 Å². The Morgan fingerprint density at radius 2 is 1.96 bits per heavy atom. The van der Waals surface area contributed by atoms with Crippen LogP contribution in [0.15, 0.2) is 42.0 Å². The quantitative estimate of drug-likeness (QED) is 0.782. The maximum absolute atomic E-state index is 12.7. The Hall–Kier alpha value is -2.67. The molecule has 0 atom stereocenters. The van der Waals surface area contributed by atoms with Gasteiger partial charge in [-0.3, -0.25) is 9.48 Å². The smallest absolute Gasteiger partial charge is 0.338 e. The predicted octanol–water partition coefficient (Wildman–Crippen LogP) is 3.27. The van der Waals surface area contributed by atoms with Crippen molar-refractivity contribution in [1.82, 2.24) is 14.7 Å². The number of hydrogen-bond donors (Lipinski definition) is 1. The van der Waals surface area contributed by atoms with Crippen LogP contribution in [-0.4, -0.2) is 44.8 Å². The molecule has 7 heteroatoms. The zero-order valence-electron chi connectivity index (χ0n) is 13.5. The summed E-state index contributed by atoms with van der Waals surface area (Å²) < 4.78 is 2.89. The highest BCUT2D eigenvalue weighted by molar-refractivity contribution is 7.17. The van der Waals surface area contributed by atoms with Gasteiger partial charge in [0.2, 0.25) is 0 Å². The lowest BCUT2D eigenvalue weighted by molar-refractivity contribution is 0.0688. The average Bonchev–Trinajstić information content (AvgIpc) is 3.30. The molecule has 0 radical (unpaired) electrons. The summed E-state index contributed by atoms with van der Waals surface area (Å²) in [6.07, 6.45) is 4.48. The first-order valence-electron chi connectivity index (χ1n) is 8.16. The predicted molar refractivity (Wildman–Crippen MR) is 95.2 cm³/mol. The van der Waals surface area contributed by atoms with Crippen molar-refractivity contribution in [3.8, 4) is 0 Å². The number of piperidine rings is 1. The van der Waals surface area contributed by atoms with Gasteiger partial charge >= 0.3 is 5.97 Å². The van der Waals surface area contributed by atoms with Gasteiger partial charge in [0.15, 0.2) is 0 Å². The molecule has 3 heterocycles. The number of carbonyl (C=O) groups excluding carboxylic acids is 1. The molecule has 1 saturated heterocycles. The van der Waals surface area contributed by atoms with Gasteiger partial charge in [0.25, 0.3) is 5.91 Å². The van der Waals surface area contributed by atoms with E-state index < -0.39 is 5.97 Å². The van der Waals surface area contributed by atoms with Gasteiger partial charge in [0.1, 0.15) is 0 Å². The van der Waals surface area contributed by atoms with Crippen molar-refractivity contribution in [3.05, 3.63) is 53.2 Å². The molecule has 0 aliphatic carbocycles. The number of fused-ring (bicyclic) bond motifs is 1. The van der Waals surface area contributed by atoms with Gasteiger partial charge in [-0.2, -0.15) is 5.10 Å². The summed E-state index contributed by atoms with van der Waals surface area (Å²) >= 11 is 1.67. The number of carbonyl (C=O) groups is 2. The Labute approximate surface area is 148 Å². The standard InChI is InChI=1S/C18H17N3O3S/c22-17(13-1-2-16-12(9-13)5-8-25-16)20-6-3-15(4-7-20)21-11-14(10-19-21)18(23)24/h1-2,5,8-11,15H,3-4,6-7H2,(H,23,24). The molecule has 25 heavy (non-hydrogen) atoms. The minimum Gasteiger partial charge on any atom is -0.478 e. The number of benzene rings is 1. The van der Waals surface area contributed by atoms with Gasteiger partial charge < -0.3 is 10.0 Å². The molecule has 1 amide bonds. The monoisotopic (exact) mass is 355 g/mol. The molecule has 3 aromatic rings. The van der Waals surface area contributed by atoms with Gasteiger partial charge in [0, 0.05) is 29.5 Å². The van der Waals surface area contributed by atoms with Gasteiger partial charge in [-0.1, -0.05) is 0 Å². The molecule has 1 fully saturated rings. The van der Waals surface area contributed by atoms with Crippen LogP contribution in [-0.2, 0) is 0 Å². The molecular weight excluding hydrogens is 338 g/mol. The molecular formula is C18H17N3O3S. The number of likely N-dealkylation sites (tertiary alicyclic amines) is 1. The van der Waals surface area contributed by atoms with Crippen LogP contribution in [0, 0.1) is 0 Å². The van der Waals surface area contributed by atoms with Crippen LogP contribution >= 0.6 is 11.3 Å². The van der Waals surface area contributed by atoms with Crippen molar-refractivity contribution < 1.29 is 14.7 Å². The number of amides is 1. The Bertz CT molecular complexity index is 938. The lowest BCUT2D eigenvalue weighted by Gasteiger charge is -2.32. The van der Waals surface area contributed by atoms with E-state index in [9.17, 15) is 9.59 Å². The third-order valence-electron chi connectivity index (χ3n) is 4.67. The van der Waals surface area contributed by atoms with Crippen molar-refractivity contribution in [1.29, 1.82) is 0 Å². The Morgan fingerprint density at radius 1 is 1.16 bits per heavy atom. The SMILES string of the molecule is O=C(O)c1cnn(C2CCN(C(=O)c3ccc4sccc4c3)CC2)c1. The summed E-state index contributed by atoms with van der Waals surface area (Å²) in [6.45, 7) is 1.29. The van der Waals surface area contributed by atoms with Crippen LogP contribution in [0.1, 0.15) is 39.6 Å². The number of hydrogen-bond acceptors (Lipinski definition) is 4. The molecule has 1 aromatic carbocycles. The fraction of sp³-hybridized carbons (Fsp3) is 0.278. The molecule has 0 bridgehead atoms. The number of rotatable bonds is 3. The summed E-state index contributed by atoms with van der Waals surface area (Å²) in [5, 5.41) is 16.3. The largest absolute Gasteiger partial charge is 0.478 e. The topological polar surface area (TPSA) is 75.4 Å². The lowest BCUT2D eigenvalue weighted by Crippen LogP contribution is -2.39. The van der Waals surface area contributed by atoms with E-state index in [1.54, 1.807) is 22.2 Å². The average molecular weight is 355 g/mol. The first-order valence-corrected chi connectivity index (χ1v) is 9.04. The lowest BCUT2D eigenvalue weighted by atomic mass is 10.0. The molecule has 1 aliphatic rings.